The zero-order valence-electron chi connectivity index (χ0n) is 12.8. The second-order valence-electron chi connectivity index (χ2n) is 5.43. The fourth-order valence-corrected chi connectivity index (χ4v) is 3.12. The first-order chi connectivity index (χ1) is 10.1. The number of hydrogen-bond donors (Lipinski definition) is 2. The molecule has 0 radical (unpaired) electrons. The first kappa shape index (κ1) is 15.7. The second kappa shape index (κ2) is 7.36. The molecule has 0 unspecified atom stereocenters. The molecule has 0 aliphatic carbocycles. The van der Waals surface area contributed by atoms with Crippen molar-refractivity contribution in [2.75, 3.05) is 12.3 Å². The van der Waals surface area contributed by atoms with E-state index in [2.05, 4.69) is 54.1 Å². The highest BCUT2D eigenvalue weighted by atomic mass is 32.2. The second-order valence-corrected chi connectivity index (χ2v) is 6.56. The molecule has 0 aromatic carbocycles. The van der Waals surface area contributed by atoms with Crippen LogP contribution in [0.1, 0.15) is 43.6 Å². The zero-order valence-corrected chi connectivity index (χ0v) is 13.6. The van der Waals surface area contributed by atoms with Gasteiger partial charge in [-0.3, -0.25) is 0 Å². The SMILES string of the molecule is C=C(CC=N)c1cc(C=C(C)C)c(/C=C/N2CCCS2)[nH]1. The van der Waals surface area contributed by atoms with Gasteiger partial charge >= 0.3 is 0 Å². The van der Waals surface area contributed by atoms with Crippen molar-refractivity contribution in [2.45, 2.75) is 26.7 Å². The molecule has 0 amide bonds. The number of nitrogens with zero attached hydrogens (tertiary/aromatic N) is 1. The molecule has 2 rings (SSSR count). The first-order valence-electron chi connectivity index (χ1n) is 7.23. The van der Waals surface area contributed by atoms with Gasteiger partial charge in [0.1, 0.15) is 0 Å². The summed E-state index contributed by atoms with van der Waals surface area (Å²) < 4.78 is 2.28. The van der Waals surface area contributed by atoms with Gasteiger partial charge in [-0.15, -0.1) is 0 Å². The molecule has 1 aromatic rings. The molecule has 112 valence electrons. The van der Waals surface area contributed by atoms with Gasteiger partial charge in [0, 0.05) is 36.3 Å². The predicted molar refractivity (Wildman–Crippen MR) is 95.4 cm³/mol. The van der Waals surface area contributed by atoms with Crippen LogP contribution in [0.25, 0.3) is 17.7 Å². The maximum absolute atomic E-state index is 7.22. The fourth-order valence-electron chi connectivity index (χ4n) is 2.22. The van der Waals surface area contributed by atoms with Gasteiger partial charge in [0.2, 0.25) is 0 Å². The Hall–Kier alpha value is -1.68. The lowest BCUT2D eigenvalue weighted by molar-refractivity contribution is 0.652. The van der Waals surface area contributed by atoms with Gasteiger partial charge in [0.05, 0.1) is 0 Å². The van der Waals surface area contributed by atoms with Crippen LogP contribution in [0.3, 0.4) is 0 Å². The lowest BCUT2D eigenvalue weighted by Crippen LogP contribution is -2.00. The zero-order chi connectivity index (χ0) is 15.2. The minimum Gasteiger partial charge on any atom is -0.355 e. The number of aromatic amines is 1. The molecule has 3 nitrogen and oxygen atoms in total. The summed E-state index contributed by atoms with van der Waals surface area (Å²) in [5.41, 5.74) is 5.51. The van der Waals surface area contributed by atoms with Crippen LogP contribution >= 0.6 is 11.9 Å². The van der Waals surface area contributed by atoms with E-state index in [4.69, 9.17) is 5.41 Å². The maximum Gasteiger partial charge on any atom is 0.0473 e. The third-order valence-electron chi connectivity index (χ3n) is 3.24. The summed E-state index contributed by atoms with van der Waals surface area (Å²) in [6.45, 7) is 9.36. The van der Waals surface area contributed by atoms with Gasteiger partial charge in [-0.25, -0.2) is 0 Å². The number of nitrogens with one attached hydrogen (secondary N) is 2. The summed E-state index contributed by atoms with van der Waals surface area (Å²) in [6.07, 6.45) is 9.68. The van der Waals surface area contributed by atoms with Crippen molar-refractivity contribution in [3.05, 3.63) is 41.4 Å². The van der Waals surface area contributed by atoms with Crippen LogP contribution in [-0.4, -0.2) is 27.8 Å². The Labute approximate surface area is 131 Å². The average Bonchev–Trinajstić information content (AvgIpc) is 3.05. The van der Waals surface area contributed by atoms with E-state index in [9.17, 15) is 0 Å². The van der Waals surface area contributed by atoms with Gasteiger partial charge in [-0.1, -0.05) is 30.2 Å². The van der Waals surface area contributed by atoms with Crippen LogP contribution in [-0.2, 0) is 0 Å². The van der Waals surface area contributed by atoms with Crippen molar-refractivity contribution in [2.24, 2.45) is 0 Å². The molecule has 1 aliphatic heterocycles. The van der Waals surface area contributed by atoms with Crippen molar-refractivity contribution in [3.8, 4) is 0 Å². The number of allylic oxidation sites excluding steroid dienone is 2. The number of hydrogen-bond acceptors (Lipinski definition) is 3. The summed E-state index contributed by atoms with van der Waals surface area (Å²) in [5.74, 6) is 1.21. The van der Waals surface area contributed by atoms with Gasteiger partial charge in [0.25, 0.3) is 0 Å². The molecule has 2 heterocycles. The smallest absolute Gasteiger partial charge is 0.0473 e. The van der Waals surface area contributed by atoms with Gasteiger partial charge in [-0.2, -0.15) is 0 Å². The molecule has 1 fully saturated rings. The van der Waals surface area contributed by atoms with Crippen LogP contribution in [0, 0.1) is 5.41 Å². The fraction of sp³-hybridized carbons (Fsp3) is 0.353. The maximum atomic E-state index is 7.22. The number of H-pyrrole nitrogens is 1. The molecule has 0 saturated carbocycles. The third-order valence-corrected chi connectivity index (χ3v) is 4.35. The quantitative estimate of drug-likeness (QED) is 0.584. The molecule has 1 saturated heterocycles. The molecule has 1 aliphatic rings. The molecule has 1 aromatic heterocycles. The van der Waals surface area contributed by atoms with E-state index in [1.807, 2.05) is 11.9 Å². The third kappa shape index (κ3) is 4.39. The van der Waals surface area contributed by atoms with E-state index in [1.165, 1.54) is 29.5 Å². The highest BCUT2D eigenvalue weighted by Gasteiger charge is 2.10. The topological polar surface area (TPSA) is 42.9 Å². The number of rotatable bonds is 6. The first-order valence-corrected chi connectivity index (χ1v) is 8.17. The van der Waals surface area contributed by atoms with Crippen molar-refractivity contribution < 1.29 is 0 Å². The minimum absolute atomic E-state index is 0.583. The number of aromatic nitrogens is 1. The van der Waals surface area contributed by atoms with Crippen LogP contribution < -0.4 is 0 Å². The monoisotopic (exact) mass is 301 g/mol. The normalized spacial score (nSPS) is 14.7. The molecule has 0 bridgehead atoms. The van der Waals surface area contributed by atoms with Crippen molar-refractivity contribution in [1.82, 2.24) is 9.29 Å². The summed E-state index contributed by atoms with van der Waals surface area (Å²) in [6, 6.07) is 2.12. The molecule has 4 heteroatoms. The minimum atomic E-state index is 0.583. The van der Waals surface area contributed by atoms with E-state index >= 15 is 0 Å². The Kier molecular flexibility index (Phi) is 5.51. The van der Waals surface area contributed by atoms with Crippen molar-refractivity contribution in [1.29, 1.82) is 5.41 Å². The van der Waals surface area contributed by atoms with E-state index in [0.717, 1.165) is 23.5 Å². The van der Waals surface area contributed by atoms with Crippen LogP contribution in [0.15, 0.2) is 24.4 Å². The standard InChI is InChI=1S/C17H23N3S/c1-13(2)11-15-12-17(14(3)5-7-18)19-16(15)6-9-20-8-4-10-21-20/h6-7,9,11-12,18-19H,3-5,8,10H2,1-2H3/b9-6+,18-7?. The highest BCUT2D eigenvalue weighted by molar-refractivity contribution is 7.97. The van der Waals surface area contributed by atoms with Crippen molar-refractivity contribution >= 4 is 35.9 Å². The Morgan fingerprint density at radius 2 is 2.33 bits per heavy atom. The van der Waals surface area contributed by atoms with Gasteiger partial charge in [-0.05, 0) is 49.8 Å². The molecular weight excluding hydrogens is 278 g/mol. The lowest BCUT2D eigenvalue weighted by Gasteiger charge is -2.08. The Morgan fingerprint density at radius 1 is 1.52 bits per heavy atom. The van der Waals surface area contributed by atoms with Gasteiger partial charge < -0.3 is 14.7 Å². The Bertz CT molecular complexity index is 571. The molecule has 2 N–H and O–H groups in total. The summed E-state index contributed by atoms with van der Waals surface area (Å²) in [5, 5.41) is 7.22. The lowest BCUT2D eigenvalue weighted by atomic mass is 10.1. The summed E-state index contributed by atoms with van der Waals surface area (Å²) >= 11 is 1.87. The van der Waals surface area contributed by atoms with E-state index in [1.54, 1.807) is 0 Å². The van der Waals surface area contributed by atoms with Crippen LogP contribution in [0.5, 0.6) is 0 Å². The Morgan fingerprint density at radius 3 is 2.95 bits per heavy atom. The molecule has 0 spiro atoms. The molecule has 0 atom stereocenters. The van der Waals surface area contributed by atoms with E-state index < -0.39 is 0 Å². The van der Waals surface area contributed by atoms with Crippen LogP contribution in [0.4, 0.5) is 0 Å². The average molecular weight is 301 g/mol. The van der Waals surface area contributed by atoms with Gasteiger partial charge in [0.15, 0.2) is 0 Å². The summed E-state index contributed by atoms with van der Waals surface area (Å²) in [4.78, 5) is 3.43. The highest BCUT2D eigenvalue weighted by Crippen LogP contribution is 2.24. The van der Waals surface area contributed by atoms with Crippen molar-refractivity contribution in [3.63, 3.8) is 0 Å². The Balaban J connectivity index is 2.26. The molecule has 21 heavy (non-hydrogen) atoms. The molecular formula is C17H23N3S. The summed E-state index contributed by atoms with van der Waals surface area (Å²) in [7, 11) is 0. The van der Waals surface area contributed by atoms with E-state index in [-0.39, 0.29) is 0 Å². The van der Waals surface area contributed by atoms with Crippen LogP contribution in [0.2, 0.25) is 0 Å². The largest absolute Gasteiger partial charge is 0.355 e. The van der Waals surface area contributed by atoms with E-state index in [0.29, 0.717) is 6.42 Å². The predicted octanol–water partition coefficient (Wildman–Crippen LogP) is 4.82.